The maximum Gasteiger partial charge on any atom is 0.264 e. The topological polar surface area (TPSA) is 111 Å². The third kappa shape index (κ3) is 4.25. The third-order valence-electron chi connectivity index (χ3n) is 4.13. The summed E-state index contributed by atoms with van der Waals surface area (Å²) in [4.78, 5) is 40.9. The molecule has 0 fully saturated rings. The SMILES string of the molecule is CC(C)CNC(=O)c1ccc(NC(=O)Cn2cnc3c(cnn3C)c2=O)cc1. The molecule has 9 heteroatoms. The van der Waals surface area contributed by atoms with E-state index in [1.54, 1.807) is 31.3 Å². The quantitative estimate of drug-likeness (QED) is 0.664. The predicted molar refractivity (Wildman–Crippen MR) is 105 cm³/mol. The van der Waals surface area contributed by atoms with Crippen LogP contribution in [0, 0.1) is 5.92 Å². The van der Waals surface area contributed by atoms with Crippen molar-refractivity contribution in [3.8, 4) is 0 Å². The van der Waals surface area contributed by atoms with Gasteiger partial charge in [-0.1, -0.05) is 13.8 Å². The zero-order valence-corrected chi connectivity index (χ0v) is 16.0. The minimum absolute atomic E-state index is 0.158. The lowest BCUT2D eigenvalue weighted by Gasteiger charge is -2.09. The number of aromatic nitrogens is 4. The number of aryl methyl sites for hydroxylation is 1. The van der Waals surface area contributed by atoms with Crippen molar-refractivity contribution in [2.24, 2.45) is 13.0 Å². The van der Waals surface area contributed by atoms with E-state index in [-0.39, 0.29) is 23.9 Å². The Hall–Kier alpha value is -3.49. The molecule has 0 spiro atoms. The van der Waals surface area contributed by atoms with Gasteiger partial charge >= 0.3 is 0 Å². The summed E-state index contributed by atoms with van der Waals surface area (Å²) in [6, 6.07) is 6.57. The third-order valence-corrected chi connectivity index (χ3v) is 4.13. The fraction of sp³-hybridized carbons (Fsp3) is 0.316. The molecule has 9 nitrogen and oxygen atoms in total. The summed E-state index contributed by atoms with van der Waals surface area (Å²) in [5.74, 6) is -0.163. The number of fused-ring (bicyclic) bond motifs is 1. The molecule has 0 unspecified atom stereocenters. The molecular formula is C19H22N6O3. The Bertz CT molecular complexity index is 1070. The van der Waals surface area contributed by atoms with E-state index in [0.29, 0.717) is 34.7 Å². The second-order valence-corrected chi connectivity index (χ2v) is 6.91. The first-order chi connectivity index (χ1) is 13.3. The van der Waals surface area contributed by atoms with E-state index >= 15 is 0 Å². The van der Waals surface area contributed by atoms with E-state index in [2.05, 4.69) is 20.7 Å². The molecule has 3 rings (SSSR count). The van der Waals surface area contributed by atoms with Gasteiger partial charge in [0.1, 0.15) is 18.3 Å². The number of nitrogens with zero attached hydrogens (tertiary/aromatic N) is 4. The zero-order valence-electron chi connectivity index (χ0n) is 16.0. The van der Waals surface area contributed by atoms with Crippen molar-refractivity contribution in [2.45, 2.75) is 20.4 Å². The Morgan fingerprint density at radius 2 is 1.89 bits per heavy atom. The van der Waals surface area contributed by atoms with Crippen LogP contribution in [0.2, 0.25) is 0 Å². The first-order valence-electron chi connectivity index (χ1n) is 8.90. The normalized spacial score (nSPS) is 11.0. The number of carbonyl (C=O) groups is 2. The van der Waals surface area contributed by atoms with Crippen LogP contribution in [0.1, 0.15) is 24.2 Å². The summed E-state index contributed by atoms with van der Waals surface area (Å²) >= 11 is 0. The smallest absolute Gasteiger partial charge is 0.264 e. The van der Waals surface area contributed by atoms with Crippen LogP contribution >= 0.6 is 0 Å². The molecule has 2 heterocycles. The molecule has 28 heavy (non-hydrogen) atoms. The van der Waals surface area contributed by atoms with E-state index < -0.39 is 0 Å². The van der Waals surface area contributed by atoms with Gasteiger partial charge < -0.3 is 10.6 Å². The number of anilines is 1. The number of amides is 2. The largest absolute Gasteiger partial charge is 0.352 e. The highest BCUT2D eigenvalue weighted by Crippen LogP contribution is 2.10. The van der Waals surface area contributed by atoms with Crippen molar-refractivity contribution in [1.82, 2.24) is 24.6 Å². The van der Waals surface area contributed by atoms with Crippen LogP contribution in [0.15, 0.2) is 41.6 Å². The fourth-order valence-electron chi connectivity index (χ4n) is 2.64. The molecule has 0 atom stereocenters. The van der Waals surface area contributed by atoms with Crippen molar-refractivity contribution < 1.29 is 9.59 Å². The minimum Gasteiger partial charge on any atom is -0.352 e. The van der Waals surface area contributed by atoms with Crippen LogP contribution in [0.25, 0.3) is 11.0 Å². The van der Waals surface area contributed by atoms with Gasteiger partial charge in [0.05, 0.1) is 6.20 Å². The van der Waals surface area contributed by atoms with Gasteiger partial charge in [0, 0.05) is 24.8 Å². The predicted octanol–water partition coefficient (Wildman–Crippen LogP) is 1.15. The van der Waals surface area contributed by atoms with Gasteiger partial charge in [-0.15, -0.1) is 0 Å². The van der Waals surface area contributed by atoms with Crippen LogP contribution in [-0.2, 0) is 18.4 Å². The number of carbonyl (C=O) groups excluding carboxylic acids is 2. The zero-order chi connectivity index (χ0) is 20.3. The number of rotatable bonds is 6. The highest BCUT2D eigenvalue weighted by molar-refractivity contribution is 5.95. The van der Waals surface area contributed by atoms with Crippen LogP contribution in [0.5, 0.6) is 0 Å². The molecule has 0 bridgehead atoms. The van der Waals surface area contributed by atoms with Crippen molar-refractivity contribution in [3.63, 3.8) is 0 Å². The first kappa shape index (κ1) is 19.3. The Morgan fingerprint density at radius 1 is 1.18 bits per heavy atom. The molecule has 0 saturated carbocycles. The Morgan fingerprint density at radius 3 is 2.57 bits per heavy atom. The van der Waals surface area contributed by atoms with Gasteiger partial charge in [-0.2, -0.15) is 5.10 Å². The average molecular weight is 382 g/mol. The fourth-order valence-corrected chi connectivity index (χ4v) is 2.64. The van der Waals surface area contributed by atoms with Crippen LogP contribution in [0.4, 0.5) is 5.69 Å². The van der Waals surface area contributed by atoms with Crippen LogP contribution in [0.3, 0.4) is 0 Å². The van der Waals surface area contributed by atoms with Gasteiger partial charge in [-0.25, -0.2) is 4.98 Å². The van der Waals surface area contributed by atoms with E-state index in [1.807, 2.05) is 13.8 Å². The summed E-state index contributed by atoms with van der Waals surface area (Å²) in [5, 5.41) is 9.90. The molecule has 146 valence electrons. The number of hydrogen-bond donors (Lipinski definition) is 2. The summed E-state index contributed by atoms with van der Waals surface area (Å²) in [6.07, 6.45) is 2.76. The van der Waals surface area contributed by atoms with Crippen molar-refractivity contribution in [1.29, 1.82) is 0 Å². The Labute approximate surface area is 161 Å². The van der Waals surface area contributed by atoms with Gasteiger partial charge in [-0.3, -0.25) is 23.6 Å². The summed E-state index contributed by atoms with van der Waals surface area (Å²) in [6.45, 7) is 4.46. The molecule has 3 aromatic rings. The second-order valence-electron chi connectivity index (χ2n) is 6.91. The lowest BCUT2D eigenvalue weighted by atomic mass is 10.1. The monoisotopic (exact) mass is 382 g/mol. The highest BCUT2D eigenvalue weighted by atomic mass is 16.2. The minimum atomic E-state index is -0.371. The van der Waals surface area contributed by atoms with E-state index in [1.165, 1.54) is 21.8 Å². The molecular weight excluding hydrogens is 360 g/mol. The van der Waals surface area contributed by atoms with Crippen molar-refractivity contribution in [2.75, 3.05) is 11.9 Å². The Kier molecular flexibility index (Phi) is 5.53. The van der Waals surface area contributed by atoms with Gasteiger partial charge in [-0.05, 0) is 30.2 Å². The average Bonchev–Trinajstić information content (AvgIpc) is 3.04. The molecule has 1 aromatic carbocycles. The molecule has 2 N–H and O–H groups in total. The second kappa shape index (κ2) is 8.03. The maximum atomic E-state index is 12.4. The molecule has 0 aliphatic rings. The molecule has 0 aliphatic carbocycles. The van der Waals surface area contributed by atoms with Crippen LogP contribution in [-0.4, -0.2) is 37.7 Å². The summed E-state index contributed by atoms with van der Waals surface area (Å²) < 4.78 is 2.73. The number of hydrogen-bond acceptors (Lipinski definition) is 5. The molecule has 2 amide bonds. The molecule has 0 aliphatic heterocycles. The standard InChI is InChI=1S/C19H22N6O3/c1-12(2)8-20-18(27)13-4-6-14(7-5-13)23-16(26)10-25-11-21-17-15(19(25)28)9-22-24(17)3/h4-7,9,11-12H,8,10H2,1-3H3,(H,20,27)(H,23,26). The number of nitrogens with one attached hydrogen (secondary N) is 2. The lowest BCUT2D eigenvalue weighted by Crippen LogP contribution is -2.28. The van der Waals surface area contributed by atoms with E-state index in [4.69, 9.17) is 0 Å². The molecule has 2 aromatic heterocycles. The van der Waals surface area contributed by atoms with Crippen LogP contribution < -0.4 is 16.2 Å². The van der Waals surface area contributed by atoms with Crippen molar-refractivity contribution >= 4 is 28.5 Å². The lowest BCUT2D eigenvalue weighted by molar-refractivity contribution is -0.116. The van der Waals surface area contributed by atoms with Gasteiger partial charge in [0.25, 0.3) is 11.5 Å². The van der Waals surface area contributed by atoms with Crippen molar-refractivity contribution in [3.05, 3.63) is 52.7 Å². The molecule has 0 radical (unpaired) electrons. The highest BCUT2D eigenvalue weighted by Gasteiger charge is 2.11. The first-order valence-corrected chi connectivity index (χ1v) is 8.90. The van der Waals surface area contributed by atoms with Gasteiger partial charge in [0.15, 0.2) is 5.65 Å². The van der Waals surface area contributed by atoms with E-state index in [9.17, 15) is 14.4 Å². The Balaban J connectivity index is 1.64. The van der Waals surface area contributed by atoms with E-state index in [0.717, 1.165) is 0 Å². The summed E-state index contributed by atoms with van der Waals surface area (Å²) in [7, 11) is 1.69. The summed E-state index contributed by atoms with van der Waals surface area (Å²) in [5.41, 5.74) is 1.19. The maximum absolute atomic E-state index is 12.4. The number of benzene rings is 1. The van der Waals surface area contributed by atoms with Gasteiger partial charge in [0.2, 0.25) is 5.91 Å². The molecule has 0 saturated heterocycles.